The molecule has 0 unspecified atom stereocenters. The van der Waals surface area contributed by atoms with Crippen molar-refractivity contribution in [2.45, 2.75) is 58.3 Å². The van der Waals surface area contributed by atoms with Gasteiger partial charge in [0.2, 0.25) is 0 Å². The van der Waals surface area contributed by atoms with Crippen molar-refractivity contribution in [1.29, 1.82) is 0 Å². The molecule has 4 heteroatoms. The van der Waals surface area contributed by atoms with Crippen molar-refractivity contribution in [1.82, 2.24) is 0 Å². The van der Waals surface area contributed by atoms with E-state index in [0.29, 0.717) is 17.1 Å². The Labute approximate surface area is 175 Å². The third kappa shape index (κ3) is 5.53. The Morgan fingerprint density at radius 2 is 1.55 bits per heavy atom. The van der Waals surface area contributed by atoms with Crippen LogP contribution in [0.1, 0.15) is 68.8 Å². The van der Waals surface area contributed by atoms with E-state index in [1.54, 1.807) is 26.2 Å². The number of para-hydroxylation sites is 1. The fraction of sp³-hybridized carbons (Fsp3) is 0.480. The Morgan fingerprint density at radius 3 is 2.07 bits per heavy atom. The topological polar surface area (TPSA) is 38.8 Å². The number of carbonyl (C=O) groups is 1. The van der Waals surface area contributed by atoms with Gasteiger partial charge >= 0.3 is 0 Å². The molecular formula is C25H35NO3. The number of hydrogen-bond donors (Lipinski definition) is 0. The van der Waals surface area contributed by atoms with Gasteiger partial charge in [-0.2, -0.15) is 0 Å². The number of amides is 1. The normalized spacial score (nSPS) is 11.2. The molecule has 0 radical (unpaired) electrons. The Hall–Kier alpha value is -2.49. The van der Waals surface area contributed by atoms with Crippen molar-refractivity contribution >= 4 is 11.6 Å². The lowest BCUT2D eigenvalue weighted by atomic mass is 9.79. The molecule has 0 aliphatic heterocycles. The standard InChI is InChI=1S/C25H35NO3/c1-7-8-9-13-16-25(2,3)19-17-21(28-5)23(22(18-19)29-6)24(27)26(4)20-14-11-10-12-15-20/h10-12,14-15,17-18H,7-9,13,16H2,1-6H3. The number of rotatable bonds is 10. The minimum absolute atomic E-state index is 0.0266. The number of ether oxygens (including phenoxy) is 2. The highest BCUT2D eigenvalue weighted by Crippen LogP contribution is 2.39. The highest BCUT2D eigenvalue weighted by molar-refractivity contribution is 6.09. The second-order valence-corrected chi connectivity index (χ2v) is 8.15. The van der Waals surface area contributed by atoms with Crippen LogP contribution in [0.5, 0.6) is 11.5 Å². The van der Waals surface area contributed by atoms with Gasteiger partial charge in [0.05, 0.1) is 14.2 Å². The number of hydrogen-bond acceptors (Lipinski definition) is 3. The van der Waals surface area contributed by atoms with E-state index in [0.717, 1.165) is 17.7 Å². The van der Waals surface area contributed by atoms with E-state index in [9.17, 15) is 4.79 Å². The van der Waals surface area contributed by atoms with Gasteiger partial charge in [-0.1, -0.05) is 64.7 Å². The van der Waals surface area contributed by atoms with E-state index in [-0.39, 0.29) is 11.3 Å². The number of nitrogens with zero attached hydrogens (tertiary/aromatic N) is 1. The maximum atomic E-state index is 13.3. The zero-order chi connectivity index (χ0) is 21.4. The first-order valence-corrected chi connectivity index (χ1v) is 10.4. The van der Waals surface area contributed by atoms with E-state index in [1.807, 2.05) is 42.5 Å². The summed E-state index contributed by atoms with van der Waals surface area (Å²) in [6.07, 6.45) is 6.00. The van der Waals surface area contributed by atoms with Crippen molar-refractivity contribution in [3.05, 3.63) is 53.6 Å². The molecule has 2 aromatic rings. The summed E-state index contributed by atoms with van der Waals surface area (Å²) in [6.45, 7) is 6.71. The molecule has 158 valence electrons. The van der Waals surface area contributed by atoms with Gasteiger partial charge in [-0.3, -0.25) is 4.79 Å². The maximum absolute atomic E-state index is 13.3. The Bertz CT molecular complexity index is 774. The van der Waals surface area contributed by atoms with Crippen LogP contribution in [0, 0.1) is 0 Å². The fourth-order valence-electron chi connectivity index (χ4n) is 3.59. The zero-order valence-electron chi connectivity index (χ0n) is 18.7. The van der Waals surface area contributed by atoms with Gasteiger partial charge in [0.15, 0.2) is 0 Å². The molecule has 0 spiro atoms. The van der Waals surface area contributed by atoms with Crippen LogP contribution in [-0.2, 0) is 5.41 Å². The van der Waals surface area contributed by atoms with E-state index < -0.39 is 0 Å². The highest BCUT2D eigenvalue weighted by Gasteiger charge is 2.28. The average molecular weight is 398 g/mol. The van der Waals surface area contributed by atoms with Gasteiger partial charge in [0.1, 0.15) is 17.1 Å². The average Bonchev–Trinajstić information content (AvgIpc) is 2.75. The predicted octanol–water partition coefficient (Wildman–Crippen LogP) is 6.23. The van der Waals surface area contributed by atoms with Gasteiger partial charge in [-0.05, 0) is 41.7 Å². The van der Waals surface area contributed by atoms with E-state index in [4.69, 9.17) is 9.47 Å². The molecule has 0 heterocycles. The van der Waals surface area contributed by atoms with Gasteiger partial charge in [-0.25, -0.2) is 0 Å². The molecule has 0 aliphatic rings. The largest absolute Gasteiger partial charge is 0.496 e. The highest BCUT2D eigenvalue weighted by atomic mass is 16.5. The van der Waals surface area contributed by atoms with E-state index in [1.165, 1.54) is 25.7 Å². The summed E-state index contributed by atoms with van der Waals surface area (Å²) in [7, 11) is 4.97. The van der Waals surface area contributed by atoms with Crippen LogP contribution < -0.4 is 14.4 Å². The van der Waals surface area contributed by atoms with Crippen molar-refractivity contribution in [3.63, 3.8) is 0 Å². The number of unbranched alkanes of at least 4 members (excludes halogenated alkanes) is 3. The molecule has 1 amide bonds. The van der Waals surface area contributed by atoms with E-state index in [2.05, 4.69) is 20.8 Å². The summed E-state index contributed by atoms with van der Waals surface area (Å²) < 4.78 is 11.3. The van der Waals surface area contributed by atoms with Crippen LogP contribution >= 0.6 is 0 Å². The minimum Gasteiger partial charge on any atom is -0.496 e. The van der Waals surface area contributed by atoms with Crippen LogP contribution in [-0.4, -0.2) is 27.2 Å². The second kappa shape index (κ2) is 10.3. The number of anilines is 1. The molecule has 0 atom stereocenters. The summed E-state index contributed by atoms with van der Waals surface area (Å²) in [5.41, 5.74) is 2.37. The Morgan fingerprint density at radius 1 is 0.966 bits per heavy atom. The first-order chi connectivity index (χ1) is 13.9. The van der Waals surface area contributed by atoms with Gasteiger partial charge in [0.25, 0.3) is 5.91 Å². The molecule has 0 fully saturated rings. The number of carbonyl (C=O) groups excluding carboxylic acids is 1. The predicted molar refractivity (Wildman–Crippen MR) is 121 cm³/mol. The molecule has 4 nitrogen and oxygen atoms in total. The van der Waals surface area contributed by atoms with Gasteiger partial charge in [-0.15, -0.1) is 0 Å². The van der Waals surface area contributed by atoms with Crippen LogP contribution in [0.15, 0.2) is 42.5 Å². The molecule has 2 aromatic carbocycles. The molecular weight excluding hydrogens is 362 g/mol. The molecule has 29 heavy (non-hydrogen) atoms. The van der Waals surface area contributed by atoms with Crippen LogP contribution in [0.4, 0.5) is 5.69 Å². The minimum atomic E-state index is -0.155. The Balaban J connectivity index is 2.38. The third-order valence-corrected chi connectivity index (χ3v) is 5.60. The quantitative estimate of drug-likeness (QED) is 0.446. The lowest BCUT2D eigenvalue weighted by molar-refractivity contribution is 0.0987. The summed E-state index contributed by atoms with van der Waals surface area (Å²) in [4.78, 5) is 14.9. The molecule has 0 aliphatic carbocycles. The smallest absolute Gasteiger partial charge is 0.265 e. The molecule has 0 aromatic heterocycles. The second-order valence-electron chi connectivity index (χ2n) is 8.15. The Kier molecular flexibility index (Phi) is 8.12. The first kappa shape index (κ1) is 22.8. The molecule has 0 bridgehead atoms. The third-order valence-electron chi connectivity index (χ3n) is 5.60. The first-order valence-electron chi connectivity index (χ1n) is 10.4. The van der Waals surface area contributed by atoms with Crippen molar-refractivity contribution in [3.8, 4) is 11.5 Å². The molecule has 2 rings (SSSR count). The lowest BCUT2D eigenvalue weighted by Gasteiger charge is -2.28. The van der Waals surface area contributed by atoms with Crippen molar-refractivity contribution < 1.29 is 14.3 Å². The summed E-state index contributed by atoms with van der Waals surface area (Å²) in [5, 5.41) is 0. The van der Waals surface area contributed by atoms with Crippen molar-refractivity contribution in [2.24, 2.45) is 0 Å². The van der Waals surface area contributed by atoms with Crippen molar-refractivity contribution in [2.75, 3.05) is 26.2 Å². The van der Waals surface area contributed by atoms with Crippen LogP contribution in [0.3, 0.4) is 0 Å². The fourth-order valence-corrected chi connectivity index (χ4v) is 3.59. The summed E-state index contributed by atoms with van der Waals surface area (Å²) in [6, 6.07) is 13.6. The van der Waals surface area contributed by atoms with Crippen LogP contribution in [0.25, 0.3) is 0 Å². The summed E-state index contributed by atoms with van der Waals surface area (Å²) in [5.74, 6) is 0.944. The molecule has 0 saturated carbocycles. The molecule has 0 saturated heterocycles. The van der Waals surface area contributed by atoms with E-state index >= 15 is 0 Å². The summed E-state index contributed by atoms with van der Waals surface area (Å²) >= 11 is 0. The monoisotopic (exact) mass is 397 g/mol. The SMILES string of the molecule is CCCCCCC(C)(C)c1cc(OC)c(C(=O)N(C)c2ccccc2)c(OC)c1. The lowest BCUT2D eigenvalue weighted by Crippen LogP contribution is -2.27. The van der Waals surface area contributed by atoms with Crippen LogP contribution in [0.2, 0.25) is 0 Å². The number of methoxy groups -OCH3 is 2. The van der Waals surface area contributed by atoms with Gasteiger partial charge in [0, 0.05) is 12.7 Å². The molecule has 0 N–H and O–H groups in total. The van der Waals surface area contributed by atoms with Gasteiger partial charge < -0.3 is 14.4 Å². The maximum Gasteiger partial charge on any atom is 0.265 e. The number of benzene rings is 2. The zero-order valence-corrected chi connectivity index (χ0v) is 18.7.